The van der Waals surface area contributed by atoms with E-state index >= 15 is 0 Å². The van der Waals surface area contributed by atoms with Gasteiger partial charge in [-0.2, -0.15) is 5.10 Å². The van der Waals surface area contributed by atoms with Gasteiger partial charge < -0.3 is 15.1 Å². The largest absolute Gasteiger partial charge is 0.355 e. The zero-order valence-corrected chi connectivity index (χ0v) is 19.6. The number of amides is 1. The fourth-order valence-electron chi connectivity index (χ4n) is 4.12. The highest BCUT2D eigenvalue weighted by atomic mass is 127. The van der Waals surface area contributed by atoms with E-state index in [1.54, 1.807) is 22.8 Å². The Morgan fingerprint density at radius 2 is 2.03 bits per heavy atom. The number of benzene rings is 1. The predicted octanol–water partition coefficient (Wildman–Crippen LogP) is 2.30. The molecule has 0 bridgehead atoms. The molecule has 1 aromatic carbocycles. The Morgan fingerprint density at radius 1 is 1.28 bits per heavy atom. The van der Waals surface area contributed by atoms with Crippen LogP contribution in [0.5, 0.6) is 0 Å². The molecule has 2 aliphatic rings. The molecule has 1 aromatic heterocycles. The average Bonchev–Trinajstić information content (AvgIpc) is 3.35. The van der Waals surface area contributed by atoms with Crippen LogP contribution in [0.25, 0.3) is 0 Å². The summed E-state index contributed by atoms with van der Waals surface area (Å²) in [5, 5.41) is 7.70. The standard InChI is InChI=1S/C21H28N6O.HI/c1-16-6-4-5-7-18(16)21(8-9-21)15-23-20(22-2)26-10-11-27(19(28)14-26)17-12-24-25(3)13-17;/h4-7,12-13H,8-11,14-15H2,1-3H3,(H,22,23);1H. The zero-order valence-electron chi connectivity index (χ0n) is 17.3. The molecule has 156 valence electrons. The highest BCUT2D eigenvalue weighted by Gasteiger charge is 2.45. The molecular weight excluding hydrogens is 479 g/mol. The van der Waals surface area contributed by atoms with E-state index in [2.05, 4.69) is 46.6 Å². The lowest BCUT2D eigenvalue weighted by molar-refractivity contribution is -0.120. The number of nitrogens with one attached hydrogen (secondary N) is 1. The Bertz CT molecular complexity index is 904. The Balaban J connectivity index is 0.00000240. The maximum absolute atomic E-state index is 12.7. The fourth-order valence-corrected chi connectivity index (χ4v) is 4.12. The van der Waals surface area contributed by atoms with Crippen molar-refractivity contribution in [3.8, 4) is 0 Å². The van der Waals surface area contributed by atoms with Crippen molar-refractivity contribution in [3.63, 3.8) is 0 Å². The molecule has 2 heterocycles. The molecule has 0 spiro atoms. The molecule has 1 saturated carbocycles. The van der Waals surface area contributed by atoms with Crippen LogP contribution in [0.3, 0.4) is 0 Å². The molecule has 1 saturated heterocycles. The summed E-state index contributed by atoms with van der Waals surface area (Å²) in [5.74, 6) is 0.876. The van der Waals surface area contributed by atoms with E-state index in [0.29, 0.717) is 13.1 Å². The number of aromatic nitrogens is 2. The first-order chi connectivity index (χ1) is 13.5. The number of hydrogen-bond donors (Lipinski definition) is 1. The third kappa shape index (κ3) is 4.41. The molecule has 4 rings (SSSR count). The van der Waals surface area contributed by atoms with Crippen LogP contribution in [0.15, 0.2) is 41.7 Å². The van der Waals surface area contributed by atoms with Crippen molar-refractivity contribution in [2.24, 2.45) is 12.0 Å². The number of halogens is 1. The van der Waals surface area contributed by atoms with Crippen LogP contribution in [0, 0.1) is 6.92 Å². The van der Waals surface area contributed by atoms with Gasteiger partial charge >= 0.3 is 0 Å². The van der Waals surface area contributed by atoms with Gasteiger partial charge in [0.2, 0.25) is 5.91 Å². The molecule has 1 aliphatic heterocycles. The fraction of sp³-hybridized carbons (Fsp3) is 0.476. The molecule has 1 amide bonds. The molecule has 0 unspecified atom stereocenters. The van der Waals surface area contributed by atoms with Crippen molar-refractivity contribution in [1.29, 1.82) is 0 Å². The van der Waals surface area contributed by atoms with Crippen LogP contribution in [-0.2, 0) is 17.3 Å². The molecule has 2 fully saturated rings. The molecule has 1 aliphatic carbocycles. The minimum Gasteiger partial charge on any atom is -0.355 e. The van der Waals surface area contributed by atoms with Gasteiger partial charge in [-0.15, -0.1) is 24.0 Å². The highest BCUT2D eigenvalue weighted by Crippen LogP contribution is 2.48. The number of aliphatic imine (C=N–C) groups is 1. The number of nitrogens with zero attached hydrogens (tertiary/aromatic N) is 5. The van der Waals surface area contributed by atoms with Gasteiger partial charge in [0, 0.05) is 45.3 Å². The molecular formula is C21H29IN6O. The second kappa shape index (κ2) is 8.73. The molecule has 8 heteroatoms. The first kappa shape index (κ1) is 21.6. The van der Waals surface area contributed by atoms with Crippen LogP contribution in [0.1, 0.15) is 24.0 Å². The van der Waals surface area contributed by atoms with Gasteiger partial charge in [0.15, 0.2) is 5.96 Å². The Morgan fingerprint density at radius 3 is 2.62 bits per heavy atom. The summed E-state index contributed by atoms with van der Waals surface area (Å²) in [6, 6.07) is 8.63. The van der Waals surface area contributed by atoms with Crippen LogP contribution < -0.4 is 10.2 Å². The van der Waals surface area contributed by atoms with Crippen LogP contribution in [-0.4, -0.2) is 59.8 Å². The summed E-state index contributed by atoms with van der Waals surface area (Å²) in [4.78, 5) is 21.0. The first-order valence-corrected chi connectivity index (χ1v) is 9.83. The van der Waals surface area contributed by atoms with Crippen LogP contribution >= 0.6 is 24.0 Å². The summed E-state index contributed by atoms with van der Waals surface area (Å²) in [5.41, 5.74) is 3.82. The van der Waals surface area contributed by atoms with Gasteiger partial charge in [0.1, 0.15) is 6.54 Å². The van der Waals surface area contributed by atoms with Crippen molar-refractivity contribution in [2.45, 2.75) is 25.2 Å². The third-order valence-corrected chi connectivity index (χ3v) is 5.89. The summed E-state index contributed by atoms with van der Waals surface area (Å²) in [7, 11) is 3.64. The van der Waals surface area contributed by atoms with Crippen LogP contribution in [0.4, 0.5) is 5.69 Å². The maximum atomic E-state index is 12.7. The number of rotatable bonds is 4. The first-order valence-electron chi connectivity index (χ1n) is 9.83. The van der Waals surface area contributed by atoms with Gasteiger partial charge in [-0.3, -0.25) is 14.5 Å². The number of piperazine rings is 1. The molecule has 0 atom stereocenters. The SMILES string of the molecule is CN=C(NCC1(c2ccccc2C)CC1)N1CCN(c2cnn(C)c2)C(=O)C1.I. The second-order valence-corrected chi connectivity index (χ2v) is 7.84. The van der Waals surface area contributed by atoms with Crippen molar-refractivity contribution in [3.05, 3.63) is 47.8 Å². The number of hydrogen-bond acceptors (Lipinski definition) is 3. The van der Waals surface area contributed by atoms with Crippen molar-refractivity contribution >= 4 is 41.5 Å². The van der Waals surface area contributed by atoms with Gasteiger partial charge in [-0.1, -0.05) is 24.3 Å². The van der Waals surface area contributed by atoms with Crippen molar-refractivity contribution in [2.75, 3.05) is 38.1 Å². The highest BCUT2D eigenvalue weighted by molar-refractivity contribution is 14.0. The molecule has 29 heavy (non-hydrogen) atoms. The van der Waals surface area contributed by atoms with Gasteiger partial charge in [0.05, 0.1) is 11.9 Å². The maximum Gasteiger partial charge on any atom is 0.246 e. The number of anilines is 1. The lowest BCUT2D eigenvalue weighted by atomic mass is 9.92. The van der Waals surface area contributed by atoms with E-state index in [4.69, 9.17) is 0 Å². The Hall–Kier alpha value is -2.10. The summed E-state index contributed by atoms with van der Waals surface area (Å²) < 4.78 is 1.72. The number of guanidine groups is 1. The zero-order chi connectivity index (χ0) is 19.7. The van der Waals surface area contributed by atoms with Crippen LogP contribution in [0.2, 0.25) is 0 Å². The number of carbonyl (C=O) groups is 1. The van der Waals surface area contributed by atoms with E-state index in [0.717, 1.165) is 24.7 Å². The monoisotopic (exact) mass is 508 g/mol. The minimum absolute atomic E-state index is 0. The quantitative estimate of drug-likeness (QED) is 0.391. The molecule has 2 aromatic rings. The van der Waals surface area contributed by atoms with E-state index in [-0.39, 0.29) is 35.3 Å². The van der Waals surface area contributed by atoms with E-state index in [1.165, 1.54) is 24.0 Å². The topological polar surface area (TPSA) is 65.8 Å². The lowest BCUT2D eigenvalue weighted by Gasteiger charge is -2.36. The van der Waals surface area contributed by atoms with E-state index in [9.17, 15) is 4.79 Å². The van der Waals surface area contributed by atoms with E-state index in [1.807, 2.05) is 18.1 Å². The van der Waals surface area contributed by atoms with Crippen molar-refractivity contribution in [1.82, 2.24) is 20.0 Å². The number of aryl methyl sites for hydroxylation is 2. The number of carbonyl (C=O) groups excluding carboxylic acids is 1. The molecule has 0 radical (unpaired) electrons. The lowest BCUT2D eigenvalue weighted by Crippen LogP contribution is -2.56. The van der Waals surface area contributed by atoms with Gasteiger partial charge in [0.25, 0.3) is 0 Å². The average molecular weight is 508 g/mol. The van der Waals surface area contributed by atoms with Crippen molar-refractivity contribution < 1.29 is 4.79 Å². The smallest absolute Gasteiger partial charge is 0.246 e. The third-order valence-electron chi connectivity index (χ3n) is 5.89. The Labute approximate surface area is 189 Å². The minimum atomic E-state index is 0. The van der Waals surface area contributed by atoms with Gasteiger partial charge in [-0.25, -0.2) is 0 Å². The molecule has 7 nitrogen and oxygen atoms in total. The normalized spacial score (nSPS) is 18.4. The predicted molar refractivity (Wildman–Crippen MR) is 126 cm³/mol. The summed E-state index contributed by atoms with van der Waals surface area (Å²) in [6.07, 6.45) is 5.99. The summed E-state index contributed by atoms with van der Waals surface area (Å²) in [6.45, 7) is 4.74. The van der Waals surface area contributed by atoms with E-state index < -0.39 is 0 Å². The van der Waals surface area contributed by atoms with Gasteiger partial charge in [-0.05, 0) is 30.9 Å². The molecule has 1 N–H and O–H groups in total. The Kier molecular flexibility index (Phi) is 6.50. The second-order valence-electron chi connectivity index (χ2n) is 7.84. The summed E-state index contributed by atoms with van der Waals surface area (Å²) >= 11 is 0.